The van der Waals surface area contributed by atoms with E-state index < -0.39 is 0 Å². The van der Waals surface area contributed by atoms with E-state index in [1.807, 2.05) is 46.7 Å². The Morgan fingerprint density at radius 3 is 2.38 bits per heavy atom. The lowest BCUT2D eigenvalue weighted by Crippen LogP contribution is -2.39. The van der Waals surface area contributed by atoms with Gasteiger partial charge in [-0.2, -0.15) is 0 Å². The van der Waals surface area contributed by atoms with E-state index in [2.05, 4.69) is 32.9 Å². The van der Waals surface area contributed by atoms with Crippen molar-refractivity contribution >= 4 is 51.6 Å². The molecular formula is C28H30N4O2S3. The highest BCUT2D eigenvalue weighted by molar-refractivity contribution is 7.99. The molecule has 0 saturated carbocycles. The number of aryl methyl sites for hydroxylation is 3. The molecule has 1 fully saturated rings. The van der Waals surface area contributed by atoms with Gasteiger partial charge in [-0.25, -0.2) is 4.98 Å². The van der Waals surface area contributed by atoms with Crippen molar-refractivity contribution in [2.24, 2.45) is 5.92 Å². The third kappa shape index (κ3) is 5.17. The number of carbonyl (C=O) groups excluding carboxylic acids is 1. The topological polar surface area (TPSA) is 60.1 Å². The zero-order chi connectivity index (χ0) is 26.3. The number of fused-ring (bicyclic) bond motifs is 1. The summed E-state index contributed by atoms with van der Waals surface area (Å²) in [4.78, 5) is 33.9. The van der Waals surface area contributed by atoms with Gasteiger partial charge in [-0.3, -0.25) is 18.7 Å². The van der Waals surface area contributed by atoms with Crippen molar-refractivity contribution in [1.29, 1.82) is 0 Å². The molecule has 0 bridgehead atoms. The largest absolute Gasteiger partial charge is 0.342 e. The number of carbonyl (C=O) groups is 1. The number of benzene rings is 2. The maximum Gasteiger partial charge on any atom is 0.278 e. The van der Waals surface area contributed by atoms with Crippen molar-refractivity contribution in [1.82, 2.24) is 19.0 Å². The van der Waals surface area contributed by atoms with E-state index in [0.29, 0.717) is 25.4 Å². The second-order valence-electron chi connectivity index (χ2n) is 9.85. The van der Waals surface area contributed by atoms with Crippen molar-refractivity contribution in [3.63, 3.8) is 0 Å². The van der Waals surface area contributed by atoms with Crippen LogP contribution >= 0.6 is 35.3 Å². The average molecular weight is 551 g/mol. The summed E-state index contributed by atoms with van der Waals surface area (Å²) in [5.41, 5.74) is 5.40. The van der Waals surface area contributed by atoms with Crippen molar-refractivity contribution in [2.75, 3.05) is 18.8 Å². The monoisotopic (exact) mass is 550 g/mol. The summed E-state index contributed by atoms with van der Waals surface area (Å²) in [7, 11) is 0. The lowest BCUT2D eigenvalue weighted by atomic mass is 9.99. The van der Waals surface area contributed by atoms with Gasteiger partial charge in [-0.15, -0.1) is 0 Å². The van der Waals surface area contributed by atoms with E-state index in [0.717, 1.165) is 48.4 Å². The Hall–Kier alpha value is -2.75. The molecule has 1 amide bonds. The predicted molar refractivity (Wildman–Crippen MR) is 155 cm³/mol. The Morgan fingerprint density at radius 2 is 1.70 bits per heavy atom. The van der Waals surface area contributed by atoms with Crippen LogP contribution in [0, 0.1) is 30.6 Å². The Balaban J connectivity index is 1.62. The van der Waals surface area contributed by atoms with Gasteiger partial charge in [0.15, 0.2) is 14.8 Å². The molecule has 1 saturated heterocycles. The maximum absolute atomic E-state index is 13.9. The number of nitrogens with zero attached hydrogens (tertiary/aromatic N) is 4. The molecule has 3 heterocycles. The van der Waals surface area contributed by atoms with Crippen LogP contribution in [-0.4, -0.2) is 43.8 Å². The number of thiazole rings is 1. The predicted octanol–water partition coefficient (Wildman–Crippen LogP) is 6.24. The average Bonchev–Trinajstić information content (AvgIpc) is 3.21. The molecule has 0 N–H and O–H groups in total. The number of piperidine rings is 1. The fourth-order valence-corrected chi connectivity index (χ4v) is 6.73. The number of rotatable bonds is 5. The summed E-state index contributed by atoms with van der Waals surface area (Å²) < 4.78 is 4.57. The van der Waals surface area contributed by atoms with Gasteiger partial charge >= 0.3 is 0 Å². The smallest absolute Gasteiger partial charge is 0.278 e. The van der Waals surface area contributed by atoms with Gasteiger partial charge in [0.2, 0.25) is 5.91 Å². The van der Waals surface area contributed by atoms with E-state index in [-0.39, 0.29) is 17.2 Å². The van der Waals surface area contributed by atoms with Gasteiger partial charge in [-0.05, 0) is 87.1 Å². The van der Waals surface area contributed by atoms with Crippen LogP contribution in [0.3, 0.4) is 0 Å². The Bertz CT molecular complexity index is 1590. The van der Waals surface area contributed by atoms with Gasteiger partial charge < -0.3 is 4.90 Å². The summed E-state index contributed by atoms with van der Waals surface area (Å²) in [5, 5.41) is 0.491. The molecule has 0 unspecified atom stereocenters. The lowest BCUT2D eigenvalue weighted by Gasteiger charge is -2.30. The first-order valence-electron chi connectivity index (χ1n) is 12.5. The van der Waals surface area contributed by atoms with Gasteiger partial charge in [0.1, 0.15) is 4.70 Å². The number of amides is 1. The number of hydrogen-bond acceptors (Lipinski definition) is 6. The minimum Gasteiger partial charge on any atom is -0.342 e. The van der Waals surface area contributed by atoms with Crippen LogP contribution in [0.15, 0.2) is 52.4 Å². The highest BCUT2D eigenvalue weighted by Gasteiger charge is 2.23. The molecule has 4 aromatic rings. The molecule has 1 aliphatic heterocycles. The summed E-state index contributed by atoms with van der Waals surface area (Å²) in [6.45, 7) is 9.94. The quantitative estimate of drug-likeness (QED) is 0.167. The van der Waals surface area contributed by atoms with E-state index in [9.17, 15) is 9.59 Å². The first-order chi connectivity index (χ1) is 17.7. The fraction of sp³-hybridized carbons (Fsp3) is 0.357. The van der Waals surface area contributed by atoms with Crippen LogP contribution in [-0.2, 0) is 4.79 Å². The molecule has 9 heteroatoms. The second-order valence-corrected chi connectivity index (χ2v) is 12.4. The standard InChI is InChI=1S/C28H30N4O2S3/c1-17-5-8-21(9-6-17)32-26(34)24-25(31(28(35)37-24)22-10-7-19(3)20(4)15-22)29-27(32)36-16-23(33)30-13-11-18(2)12-14-30/h5-10,15,18H,11-14,16H2,1-4H3. The Kier molecular flexibility index (Phi) is 7.38. The maximum atomic E-state index is 13.9. The summed E-state index contributed by atoms with van der Waals surface area (Å²) >= 11 is 8.31. The van der Waals surface area contributed by atoms with Crippen molar-refractivity contribution < 1.29 is 4.79 Å². The molecule has 1 aliphatic rings. The Morgan fingerprint density at radius 1 is 1.03 bits per heavy atom. The molecule has 0 aliphatic carbocycles. The molecular weight excluding hydrogens is 521 g/mol. The molecule has 2 aromatic carbocycles. The normalized spacial score (nSPS) is 14.4. The van der Waals surface area contributed by atoms with Crippen molar-refractivity contribution in [2.45, 2.75) is 45.7 Å². The van der Waals surface area contributed by atoms with E-state index in [1.54, 1.807) is 4.57 Å². The zero-order valence-corrected chi connectivity index (χ0v) is 23.9. The fourth-order valence-electron chi connectivity index (χ4n) is 4.52. The molecule has 0 spiro atoms. The molecule has 2 aromatic heterocycles. The number of thioether (sulfide) groups is 1. The molecule has 0 radical (unpaired) electrons. The number of hydrogen-bond donors (Lipinski definition) is 0. The van der Waals surface area contributed by atoms with Crippen LogP contribution < -0.4 is 5.56 Å². The van der Waals surface area contributed by atoms with E-state index in [1.165, 1.54) is 28.7 Å². The minimum atomic E-state index is -0.172. The van der Waals surface area contributed by atoms with Gasteiger partial charge in [0.25, 0.3) is 5.56 Å². The minimum absolute atomic E-state index is 0.0815. The molecule has 6 nitrogen and oxygen atoms in total. The van der Waals surface area contributed by atoms with Crippen LogP contribution in [0.25, 0.3) is 21.7 Å². The van der Waals surface area contributed by atoms with E-state index in [4.69, 9.17) is 17.2 Å². The first-order valence-corrected chi connectivity index (χ1v) is 14.7. The van der Waals surface area contributed by atoms with Gasteiger partial charge in [0.05, 0.1) is 11.4 Å². The van der Waals surface area contributed by atoms with Crippen LogP contribution in [0.2, 0.25) is 0 Å². The van der Waals surface area contributed by atoms with E-state index >= 15 is 0 Å². The number of aromatic nitrogens is 3. The Labute approximate surface area is 230 Å². The SMILES string of the molecule is Cc1ccc(-n2c(SCC(=O)N3CCC(C)CC3)nc3c(sc(=S)n3-c3ccc(C)c(C)c3)c2=O)cc1. The summed E-state index contributed by atoms with van der Waals surface area (Å²) in [6, 6.07) is 13.9. The second kappa shape index (κ2) is 10.6. The third-order valence-corrected chi connectivity index (χ3v) is 9.35. The van der Waals surface area contributed by atoms with Gasteiger partial charge in [0, 0.05) is 18.8 Å². The lowest BCUT2D eigenvalue weighted by molar-refractivity contribution is -0.129. The van der Waals surface area contributed by atoms with Crippen molar-refractivity contribution in [3.05, 3.63) is 73.5 Å². The first kappa shape index (κ1) is 25.9. The molecule has 37 heavy (non-hydrogen) atoms. The van der Waals surface area contributed by atoms with Crippen LogP contribution in [0.4, 0.5) is 0 Å². The zero-order valence-electron chi connectivity index (χ0n) is 21.5. The van der Waals surface area contributed by atoms with Crippen molar-refractivity contribution in [3.8, 4) is 11.4 Å². The number of likely N-dealkylation sites (tertiary alicyclic amines) is 1. The highest BCUT2D eigenvalue weighted by Crippen LogP contribution is 2.29. The highest BCUT2D eigenvalue weighted by atomic mass is 32.2. The van der Waals surface area contributed by atoms with Crippen LogP contribution in [0.5, 0.6) is 0 Å². The summed E-state index contributed by atoms with van der Waals surface area (Å²) in [5.74, 6) is 0.963. The molecule has 5 rings (SSSR count). The van der Waals surface area contributed by atoms with Gasteiger partial charge in [-0.1, -0.05) is 53.8 Å². The molecule has 0 atom stereocenters. The third-order valence-electron chi connectivity index (χ3n) is 7.08. The summed E-state index contributed by atoms with van der Waals surface area (Å²) in [6.07, 6.45) is 2.06. The molecule has 192 valence electrons. The van der Waals surface area contributed by atoms with Crippen LogP contribution in [0.1, 0.15) is 36.5 Å².